The first kappa shape index (κ1) is 19.2. The van der Waals surface area contributed by atoms with Crippen LogP contribution in [0.1, 0.15) is 32.0 Å². The maximum absolute atomic E-state index is 12.3. The molecule has 6 heteroatoms. The van der Waals surface area contributed by atoms with E-state index in [0.29, 0.717) is 11.3 Å². The quantitative estimate of drug-likeness (QED) is 0.487. The topological polar surface area (TPSA) is 77.8 Å². The van der Waals surface area contributed by atoms with Gasteiger partial charge >= 0.3 is 5.97 Å². The van der Waals surface area contributed by atoms with Gasteiger partial charge in [0.1, 0.15) is 19.0 Å². The first-order valence-electron chi connectivity index (χ1n) is 8.85. The Morgan fingerprint density at radius 2 is 1.86 bits per heavy atom. The lowest BCUT2D eigenvalue weighted by atomic mass is 10.1. The van der Waals surface area contributed by atoms with Crippen molar-refractivity contribution in [2.45, 2.75) is 13.8 Å². The van der Waals surface area contributed by atoms with Crippen molar-refractivity contribution < 1.29 is 23.5 Å². The Balaban J connectivity index is 1.55. The highest BCUT2D eigenvalue weighted by Gasteiger charge is 2.13. The van der Waals surface area contributed by atoms with Gasteiger partial charge in [0.15, 0.2) is 5.76 Å². The Morgan fingerprint density at radius 1 is 1.00 bits per heavy atom. The minimum atomic E-state index is -0.485. The average molecular weight is 379 g/mol. The number of benzene rings is 2. The Kier molecular flexibility index (Phi) is 6.11. The molecule has 3 aromatic rings. The second-order valence-corrected chi connectivity index (χ2v) is 6.26. The van der Waals surface area contributed by atoms with Crippen LogP contribution in [0.25, 0.3) is 0 Å². The maximum Gasteiger partial charge on any atom is 0.338 e. The van der Waals surface area contributed by atoms with Crippen molar-refractivity contribution >= 4 is 17.6 Å². The predicted octanol–water partition coefficient (Wildman–Crippen LogP) is 4.38. The van der Waals surface area contributed by atoms with Gasteiger partial charge in [-0.15, -0.1) is 0 Å². The van der Waals surface area contributed by atoms with E-state index < -0.39 is 5.97 Å². The van der Waals surface area contributed by atoms with Gasteiger partial charge < -0.3 is 19.2 Å². The molecule has 0 atom stereocenters. The van der Waals surface area contributed by atoms with Crippen molar-refractivity contribution in [2.75, 3.05) is 18.5 Å². The number of nitrogens with one attached hydrogen (secondary N) is 1. The van der Waals surface area contributed by atoms with Crippen molar-refractivity contribution in [2.24, 2.45) is 0 Å². The van der Waals surface area contributed by atoms with Crippen molar-refractivity contribution in [3.63, 3.8) is 0 Å². The minimum absolute atomic E-state index is 0.120. The fourth-order valence-electron chi connectivity index (χ4n) is 2.56. The summed E-state index contributed by atoms with van der Waals surface area (Å²) in [6.45, 7) is 4.19. The molecule has 28 heavy (non-hydrogen) atoms. The summed E-state index contributed by atoms with van der Waals surface area (Å²) in [5.41, 5.74) is 2.78. The highest BCUT2D eigenvalue weighted by Crippen LogP contribution is 2.19. The van der Waals surface area contributed by atoms with E-state index in [4.69, 9.17) is 13.9 Å². The minimum Gasteiger partial charge on any atom is -0.490 e. The number of hydrogen-bond donors (Lipinski definition) is 1. The van der Waals surface area contributed by atoms with Crippen LogP contribution in [0.15, 0.2) is 65.3 Å². The lowest BCUT2D eigenvalue weighted by Crippen LogP contribution is -2.15. The second-order valence-electron chi connectivity index (χ2n) is 6.26. The molecule has 2 aromatic carbocycles. The zero-order valence-corrected chi connectivity index (χ0v) is 15.7. The summed E-state index contributed by atoms with van der Waals surface area (Å²) < 4.78 is 15.9. The van der Waals surface area contributed by atoms with Gasteiger partial charge in [0, 0.05) is 5.69 Å². The van der Waals surface area contributed by atoms with Crippen LogP contribution in [0.3, 0.4) is 0 Å². The number of carbonyl (C=O) groups excluding carboxylic acids is 2. The number of furan rings is 1. The van der Waals surface area contributed by atoms with E-state index in [1.165, 1.54) is 6.26 Å². The van der Waals surface area contributed by atoms with Crippen molar-refractivity contribution in [1.29, 1.82) is 0 Å². The largest absolute Gasteiger partial charge is 0.490 e. The van der Waals surface area contributed by atoms with Crippen LogP contribution >= 0.6 is 0 Å². The van der Waals surface area contributed by atoms with Gasteiger partial charge in [-0.3, -0.25) is 4.79 Å². The second kappa shape index (κ2) is 8.90. The van der Waals surface area contributed by atoms with E-state index in [-0.39, 0.29) is 24.9 Å². The number of carbonyl (C=O) groups is 2. The van der Waals surface area contributed by atoms with Gasteiger partial charge in [-0.25, -0.2) is 4.79 Å². The Bertz CT molecular complexity index is 963. The van der Waals surface area contributed by atoms with Gasteiger partial charge in [-0.2, -0.15) is 0 Å². The number of aryl methyl sites for hydroxylation is 2. The molecule has 0 radical (unpaired) electrons. The summed E-state index contributed by atoms with van der Waals surface area (Å²) in [6.07, 6.45) is 1.42. The molecule has 6 nitrogen and oxygen atoms in total. The monoisotopic (exact) mass is 379 g/mol. The Hall–Kier alpha value is -3.54. The first-order valence-corrected chi connectivity index (χ1v) is 8.85. The van der Waals surface area contributed by atoms with E-state index in [0.717, 1.165) is 16.9 Å². The van der Waals surface area contributed by atoms with E-state index in [2.05, 4.69) is 5.32 Å². The van der Waals surface area contributed by atoms with Crippen LogP contribution in [-0.4, -0.2) is 25.1 Å². The number of amides is 1. The molecule has 0 fully saturated rings. The third-order valence-electron chi connectivity index (χ3n) is 4.04. The lowest BCUT2D eigenvalue weighted by molar-refractivity contribution is 0.0450. The molecule has 0 saturated carbocycles. The number of ether oxygens (including phenoxy) is 2. The highest BCUT2D eigenvalue weighted by molar-refractivity contribution is 6.03. The van der Waals surface area contributed by atoms with E-state index in [1.54, 1.807) is 30.3 Å². The fourth-order valence-corrected chi connectivity index (χ4v) is 2.56. The molecule has 1 heterocycles. The molecule has 1 aromatic heterocycles. The van der Waals surface area contributed by atoms with Crippen molar-refractivity contribution in [1.82, 2.24) is 0 Å². The molecule has 0 bridgehead atoms. The molecule has 0 unspecified atom stereocenters. The lowest BCUT2D eigenvalue weighted by Gasteiger charge is -2.11. The number of rotatable bonds is 7. The zero-order valence-electron chi connectivity index (χ0n) is 15.7. The van der Waals surface area contributed by atoms with Crippen LogP contribution < -0.4 is 10.1 Å². The predicted molar refractivity (Wildman–Crippen MR) is 105 cm³/mol. The molecule has 3 rings (SSSR count). The molecule has 144 valence electrons. The average Bonchev–Trinajstić information content (AvgIpc) is 3.22. The Morgan fingerprint density at radius 3 is 2.61 bits per heavy atom. The number of esters is 1. The van der Waals surface area contributed by atoms with E-state index in [1.807, 2.05) is 38.1 Å². The van der Waals surface area contributed by atoms with Gasteiger partial charge in [0.25, 0.3) is 5.91 Å². The maximum atomic E-state index is 12.3. The van der Waals surface area contributed by atoms with Gasteiger partial charge in [0.2, 0.25) is 0 Å². The van der Waals surface area contributed by atoms with E-state index >= 15 is 0 Å². The SMILES string of the molecule is Cc1cccc(OCCOC(=O)c2ccc(C)c(NC(=O)c3ccco3)c2)c1. The molecule has 0 aliphatic heterocycles. The van der Waals surface area contributed by atoms with Crippen LogP contribution in [0, 0.1) is 13.8 Å². The highest BCUT2D eigenvalue weighted by atomic mass is 16.6. The zero-order chi connectivity index (χ0) is 19.9. The van der Waals surface area contributed by atoms with Gasteiger partial charge in [0.05, 0.1) is 11.8 Å². The van der Waals surface area contributed by atoms with Crippen LogP contribution in [0.5, 0.6) is 5.75 Å². The summed E-state index contributed by atoms with van der Waals surface area (Å²) >= 11 is 0. The first-order chi connectivity index (χ1) is 13.5. The fraction of sp³-hybridized carbons (Fsp3) is 0.182. The van der Waals surface area contributed by atoms with Crippen molar-refractivity contribution in [3.8, 4) is 5.75 Å². The molecule has 0 spiro atoms. The summed E-state index contributed by atoms with van der Waals surface area (Å²) in [6, 6.07) is 15.8. The van der Waals surface area contributed by atoms with Crippen LogP contribution in [0.2, 0.25) is 0 Å². The van der Waals surface area contributed by atoms with Gasteiger partial charge in [-0.05, 0) is 61.4 Å². The molecule has 0 saturated heterocycles. The van der Waals surface area contributed by atoms with E-state index in [9.17, 15) is 9.59 Å². The molecular formula is C22H21NO5. The molecule has 0 aliphatic rings. The van der Waals surface area contributed by atoms with Crippen LogP contribution in [-0.2, 0) is 4.74 Å². The number of hydrogen-bond acceptors (Lipinski definition) is 5. The normalized spacial score (nSPS) is 10.4. The van der Waals surface area contributed by atoms with Gasteiger partial charge in [-0.1, -0.05) is 18.2 Å². The standard InChI is InChI=1S/C22H21NO5/c1-15-5-3-6-18(13-15)26-11-12-28-22(25)17-9-8-16(2)19(14-17)23-21(24)20-7-4-10-27-20/h3-10,13-14H,11-12H2,1-2H3,(H,23,24). The third-order valence-corrected chi connectivity index (χ3v) is 4.04. The summed E-state index contributed by atoms with van der Waals surface area (Å²) in [4.78, 5) is 24.4. The summed E-state index contributed by atoms with van der Waals surface area (Å²) in [5, 5.41) is 2.74. The number of anilines is 1. The van der Waals surface area contributed by atoms with Crippen LogP contribution in [0.4, 0.5) is 5.69 Å². The molecular weight excluding hydrogens is 358 g/mol. The summed E-state index contributed by atoms with van der Waals surface area (Å²) in [5.74, 6) is 0.0569. The third kappa shape index (κ3) is 5.01. The smallest absolute Gasteiger partial charge is 0.338 e. The molecule has 1 N–H and O–H groups in total. The molecule has 1 amide bonds. The Labute approximate surface area is 163 Å². The summed E-state index contributed by atoms with van der Waals surface area (Å²) in [7, 11) is 0. The molecule has 0 aliphatic carbocycles. The van der Waals surface area contributed by atoms with Crippen molar-refractivity contribution in [3.05, 3.63) is 83.3 Å².